The maximum Gasteiger partial charge on any atom is 0.486 e. The minimum Gasteiger partial charge on any atom is -0.456 e. The van der Waals surface area contributed by atoms with Crippen molar-refractivity contribution < 1.29 is 23.9 Å². The lowest BCUT2D eigenvalue weighted by atomic mass is 9.86. The molecule has 0 aliphatic carbocycles. The Bertz CT molecular complexity index is 828. The van der Waals surface area contributed by atoms with Gasteiger partial charge in [-0.05, 0) is 52.6 Å². The lowest BCUT2D eigenvalue weighted by Crippen LogP contribution is -2.42. The van der Waals surface area contributed by atoms with Gasteiger partial charge in [-0.1, -0.05) is 54.4 Å². The number of hydrogen-bond donors (Lipinski definition) is 1. The van der Waals surface area contributed by atoms with Crippen molar-refractivity contribution in [1.29, 1.82) is 0 Å². The fraction of sp³-hybridized carbons (Fsp3) is 0.591. The van der Waals surface area contributed by atoms with Crippen LogP contribution in [0.3, 0.4) is 0 Å². The Morgan fingerprint density at radius 1 is 1.23 bits per heavy atom. The lowest BCUT2D eigenvalue weighted by molar-refractivity contribution is -0.158. The van der Waals surface area contributed by atoms with E-state index < -0.39 is 42.0 Å². The molecule has 1 aliphatic rings. The van der Waals surface area contributed by atoms with Crippen LogP contribution in [-0.2, 0) is 18.8 Å². The van der Waals surface area contributed by atoms with Crippen LogP contribution < -0.4 is 0 Å². The Morgan fingerprint density at radius 3 is 2.26 bits per heavy atom. The standard InChI is InChI=1S/C22H32BN3O5/c1-15(13-14-23-30-21(4,5)22(6,7)31-23)17(16-11-9-8-10-12-16)29-19(27)18(25-26-24)20(2,3)28/h8-15,17-18,28H,1-7H3/b14-13+/t15-,17+,18-/m1/s1. The van der Waals surface area contributed by atoms with Gasteiger partial charge in [-0.3, -0.25) is 4.79 Å². The first-order valence-electron chi connectivity index (χ1n) is 10.3. The lowest BCUT2D eigenvalue weighted by Gasteiger charge is -2.32. The second-order valence-electron chi connectivity index (χ2n) is 9.40. The van der Waals surface area contributed by atoms with Gasteiger partial charge in [0.25, 0.3) is 0 Å². The molecule has 0 saturated carbocycles. The Morgan fingerprint density at radius 2 is 1.77 bits per heavy atom. The number of carbonyl (C=O) groups is 1. The number of aliphatic hydroxyl groups is 1. The van der Waals surface area contributed by atoms with E-state index in [9.17, 15) is 9.90 Å². The van der Waals surface area contributed by atoms with Gasteiger partial charge >= 0.3 is 13.1 Å². The van der Waals surface area contributed by atoms with Gasteiger partial charge in [0.15, 0.2) is 6.04 Å². The highest BCUT2D eigenvalue weighted by molar-refractivity contribution is 6.51. The van der Waals surface area contributed by atoms with Crippen LogP contribution in [0.2, 0.25) is 0 Å². The summed E-state index contributed by atoms with van der Waals surface area (Å²) in [5.41, 5.74) is 7.11. The van der Waals surface area contributed by atoms with Crippen molar-refractivity contribution in [3.63, 3.8) is 0 Å². The Kier molecular flexibility index (Phi) is 7.60. The summed E-state index contributed by atoms with van der Waals surface area (Å²) in [7, 11) is -0.521. The molecular formula is C22H32BN3O5. The predicted octanol–water partition coefficient (Wildman–Crippen LogP) is 4.54. The van der Waals surface area contributed by atoms with E-state index in [0.717, 1.165) is 5.56 Å². The first kappa shape index (κ1) is 24.9. The van der Waals surface area contributed by atoms with Gasteiger partial charge in [-0.15, -0.1) is 0 Å². The summed E-state index contributed by atoms with van der Waals surface area (Å²) in [5, 5.41) is 13.7. The van der Waals surface area contributed by atoms with Crippen molar-refractivity contribution in [2.45, 2.75) is 77.4 Å². The highest BCUT2D eigenvalue weighted by atomic mass is 16.7. The van der Waals surface area contributed by atoms with Crippen LogP contribution >= 0.6 is 0 Å². The molecule has 8 nitrogen and oxygen atoms in total. The molecule has 1 heterocycles. The van der Waals surface area contributed by atoms with Crippen LogP contribution in [0.25, 0.3) is 10.4 Å². The normalized spacial score (nSPS) is 20.7. The van der Waals surface area contributed by atoms with Gasteiger partial charge in [0.2, 0.25) is 0 Å². The van der Waals surface area contributed by atoms with Crippen LogP contribution in [0.15, 0.2) is 47.5 Å². The van der Waals surface area contributed by atoms with Gasteiger partial charge in [-0.2, -0.15) is 0 Å². The largest absolute Gasteiger partial charge is 0.486 e. The van der Waals surface area contributed by atoms with Gasteiger partial charge < -0.3 is 19.2 Å². The van der Waals surface area contributed by atoms with Gasteiger partial charge in [0.05, 0.1) is 16.8 Å². The molecule has 1 saturated heterocycles. The van der Waals surface area contributed by atoms with Crippen molar-refractivity contribution in [1.82, 2.24) is 0 Å². The van der Waals surface area contributed by atoms with Gasteiger partial charge in [-0.25, -0.2) is 0 Å². The summed E-state index contributed by atoms with van der Waals surface area (Å²) >= 11 is 0. The smallest absolute Gasteiger partial charge is 0.456 e. The van der Waals surface area contributed by atoms with Crippen LogP contribution in [0.1, 0.15) is 60.1 Å². The average molecular weight is 429 g/mol. The molecular weight excluding hydrogens is 397 g/mol. The molecule has 1 aromatic carbocycles. The molecule has 2 rings (SSSR count). The minimum atomic E-state index is -1.56. The highest BCUT2D eigenvalue weighted by Crippen LogP contribution is 2.37. The van der Waals surface area contributed by atoms with Crippen LogP contribution in [0.5, 0.6) is 0 Å². The van der Waals surface area contributed by atoms with Crippen molar-refractivity contribution in [2.24, 2.45) is 11.0 Å². The number of rotatable bonds is 8. The molecule has 0 amide bonds. The fourth-order valence-electron chi connectivity index (χ4n) is 3.17. The maximum atomic E-state index is 12.8. The first-order chi connectivity index (χ1) is 14.3. The SMILES string of the molecule is C[C@H](/C=C/B1OC(C)(C)C(C)(C)O1)[C@H](OC(=O)[C@@H](N=[N+]=[N-])C(C)(C)O)c1ccccc1. The summed E-state index contributed by atoms with van der Waals surface area (Å²) in [6.07, 6.45) is 1.21. The third-order valence-corrected chi connectivity index (χ3v) is 5.75. The Hall–Kier alpha value is -2.32. The molecule has 31 heavy (non-hydrogen) atoms. The Labute approximate surface area is 184 Å². The zero-order chi connectivity index (χ0) is 23.4. The van der Waals surface area contributed by atoms with Crippen LogP contribution in [0, 0.1) is 5.92 Å². The van der Waals surface area contributed by atoms with E-state index in [4.69, 9.17) is 19.6 Å². The summed E-state index contributed by atoms with van der Waals surface area (Å²) in [5.74, 6) is 0.764. The van der Waals surface area contributed by atoms with Crippen molar-refractivity contribution in [2.75, 3.05) is 0 Å². The number of azide groups is 1. The molecule has 3 atom stereocenters. The summed E-state index contributed by atoms with van der Waals surface area (Å²) in [4.78, 5) is 15.5. The van der Waals surface area contributed by atoms with Crippen molar-refractivity contribution in [3.8, 4) is 0 Å². The van der Waals surface area contributed by atoms with E-state index >= 15 is 0 Å². The quantitative estimate of drug-likeness (QED) is 0.214. The van der Waals surface area contributed by atoms with Crippen molar-refractivity contribution in [3.05, 3.63) is 58.4 Å². The number of ether oxygens (including phenoxy) is 1. The van der Waals surface area contributed by atoms with Crippen molar-refractivity contribution >= 4 is 13.1 Å². The van der Waals surface area contributed by atoms with E-state index in [1.54, 1.807) is 0 Å². The predicted molar refractivity (Wildman–Crippen MR) is 119 cm³/mol. The zero-order valence-corrected chi connectivity index (χ0v) is 19.3. The average Bonchev–Trinajstić information content (AvgIpc) is 2.88. The summed E-state index contributed by atoms with van der Waals surface area (Å²) in [6, 6.07) is 7.90. The summed E-state index contributed by atoms with van der Waals surface area (Å²) in [6.45, 7) is 12.6. The van der Waals surface area contributed by atoms with E-state index in [0.29, 0.717) is 0 Å². The number of carbonyl (C=O) groups excluding carboxylic acids is 1. The molecule has 1 aromatic rings. The van der Waals surface area contributed by atoms with E-state index in [2.05, 4.69) is 10.0 Å². The van der Waals surface area contributed by atoms with Crippen LogP contribution in [-0.4, -0.2) is 41.0 Å². The number of nitrogens with zero attached hydrogens (tertiary/aromatic N) is 3. The third-order valence-electron chi connectivity index (χ3n) is 5.75. The van der Waals surface area contributed by atoms with Crippen LogP contribution in [0.4, 0.5) is 0 Å². The Balaban J connectivity index is 2.25. The van der Waals surface area contributed by atoms with E-state index in [1.165, 1.54) is 13.8 Å². The maximum absolute atomic E-state index is 12.8. The fourth-order valence-corrected chi connectivity index (χ4v) is 3.17. The zero-order valence-electron chi connectivity index (χ0n) is 19.3. The molecule has 0 bridgehead atoms. The molecule has 0 unspecified atom stereocenters. The topological polar surface area (TPSA) is 114 Å². The number of hydrogen-bond acceptors (Lipinski definition) is 6. The third kappa shape index (κ3) is 6.11. The molecule has 0 spiro atoms. The molecule has 1 fully saturated rings. The van der Waals surface area contributed by atoms with E-state index in [-0.39, 0.29) is 5.92 Å². The monoisotopic (exact) mass is 429 g/mol. The molecule has 1 aliphatic heterocycles. The minimum absolute atomic E-state index is 0.251. The van der Waals surface area contributed by atoms with Gasteiger partial charge in [0.1, 0.15) is 6.10 Å². The molecule has 168 valence electrons. The second-order valence-corrected chi connectivity index (χ2v) is 9.40. The molecule has 1 N–H and O–H groups in total. The molecule has 0 radical (unpaired) electrons. The summed E-state index contributed by atoms with van der Waals surface area (Å²) < 4.78 is 17.7. The molecule has 9 heteroatoms. The number of benzene rings is 1. The second kappa shape index (κ2) is 9.45. The van der Waals surface area contributed by atoms with E-state index in [1.807, 2.05) is 77.0 Å². The molecule has 0 aromatic heterocycles. The number of esters is 1. The van der Waals surface area contributed by atoms with Gasteiger partial charge in [0, 0.05) is 10.8 Å². The highest BCUT2D eigenvalue weighted by Gasteiger charge is 2.50. The first-order valence-corrected chi connectivity index (χ1v) is 10.3.